The third-order valence-corrected chi connectivity index (χ3v) is 5.25. The zero-order chi connectivity index (χ0) is 20.2. The van der Waals surface area contributed by atoms with Gasteiger partial charge in [-0.3, -0.25) is 14.7 Å². The number of rotatable bonds is 6. The van der Waals surface area contributed by atoms with Crippen LogP contribution in [0.15, 0.2) is 53.3 Å². The number of carbonyl (C=O) groups is 1. The highest BCUT2D eigenvalue weighted by Crippen LogP contribution is 2.20. The highest BCUT2D eigenvalue weighted by molar-refractivity contribution is 5.82. The van der Waals surface area contributed by atoms with Crippen molar-refractivity contribution in [1.29, 1.82) is 0 Å². The van der Waals surface area contributed by atoms with Gasteiger partial charge in [0.05, 0.1) is 12.5 Å². The first-order valence-corrected chi connectivity index (χ1v) is 9.94. The molecule has 0 saturated carbocycles. The van der Waals surface area contributed by atoms with Crippen LogP contribution in [0.4, 0.5) is 0 Å². The normalized spacial score (nSPS) is 17.5. The summed E-state index contributed by atoms with van der Waals surface area (Å²) in [5.74, 6) is 1.47. The molecule has 0 bridgehead atoms. The van der Waals surface area contributed by atoms with Crippen LogP contribution in [0.3, 0.4) is 0 Å². The van der Waals surface area contributed by atoms with Crippen LogP contribution in [0.5, 0.6) is 0 Å². The van der Waals surface area contributed by atoms with Crippen LogP contribution in [0.1, 0.15) is 36.8 Å². The lowest BCUT2D eigenvalue weighted by molar-refractivity contribution is -0.129. The lowest BCUT2D eigenvalue weighted by atomic mass is 10.0. The molecule has 4 rings (SSSR count). The van der Waals surface area contributed by atoms with E-state index < -0.39 is 0 Å². The van der Waals surface area contributed by atoms with Crippen LogP contribution in [-0.4, -0.2) is 45.1 Å². The molecule has 1 atom stereocenters. The van der Waals surface area contributed by atoms with Gasteiger partial charge in [-0.2, -0.15) is 4.98 Å². The number of benzene rings is 1. The Hall–Kier alpha value is -3.06. The molecule has 0 radical (unpaired) electrons. The smallest absolute Gasteiger partial charge is 0.237 e. The molecule has 1 amide bonds. The maximum Gasteiger partial charge on any atom is 0.237 e. The van der Waals surface area contributed by atoms with Crippen molar-refractivity contribution < 1.29 is 9.32 Å². The Bertz CT molecular complexity index is 953. The molecule has 1 fully saturated rings. The van der Waals surface area contributed by atoms with Gasteiger partial charge in [0.15, 0.2) is 0 Å². The Morgan fingerprint density at radius 1 is 1.17 bits per heavy atom. The second kappa shape index (κ2) is 8.53. The lowest BCUT2D eigenvalue weighted by Gasteiger charge is -2.34. The van der Waals surface area contributed by atoms with E-state index in [9.17, 15) is 4.79 Å². The molecule has 1 N–H and O–H groups in total. The van der Waals surface area contributed by atoms with E-state index in [0.717, 1.165) is 12.1 Å². The molecule has 7 nitrogen and oxygen atoms in total. The highest BCUT2D eigenvalue weighted by atomic mass is 16.5. The van der Waals surface area contributed by atoms with Gasteiger partial charge in [0.1, 0.15) is 0 Å². The van der Waals surface area contributed by atoms with E-state index in [1.54, 1.807) is 12.4 Å². The van der Waals surface area contributed by atoms with Crippen LogP contribution >= 0.6 is 0 Å². The molecule has 1 aromatic carbocycles. The SMILES string of the molecule is CC(C)c1ccc(CN2CCNC(=O)C2Cc2nc(-c3ccncc3)no2)cc1. The molecule has 1 saturated heterocycles. The summed E-state index contributed by atoms with van der Waals surface area (Å²) in [5, 5.41) is 7.00. The van der Waals surface area contributed by atoms with Crippen LogP contribution in [0.25, 0.3) is 11.4 Å². The fourth-order valence-electron chi connectivity index (χ4n) is 3.54. The quantitative estimate of drug-likeness (QED) is 0.696. The van der Waals surface area contributed by atoms with Crippen LogP contribution in [0.2, 0.25) is 0 Å². The number of amides is 1. The Morgan fingerprint density at radius 2 is 1.93 bits per heavy atom. The summed E-state index contributed by atoms with van der Waals surface area (Å²) >= 11 is 0. The maximum atomic E-state index is 12.6. The second-order valence-corrected chi connectivity index (χ2v) is 7.63. The summed E-state index contributed by atoms with van der Waals surface area (Å²) in [4.78, 5) is 23.2. The number of nitrogens with zero attached hydrogens (tertiary/aromatic N) is 4. The van der Waals surface area contributed by atoms with Gasteiger partial charge in [-0.05, 0) is 29.2 Å². The molecule has 150 valence electrons. The first-order chi connectivity index (χ1) is 14.1. The minimum Gasteiger partial charge on any atom is -0.353 e. The average molecular weight is 391 g/mol. The molecule has 7 heteroatoms. The number of carbonyl (C=O) groups excluding carboxylic acids is 1. The number of pyridine rings is 1. The van der Waals surface area contributed by atoms with Crippen LogP contribution in [-0.2, 0) is 17.8 Å². The Kier molecular flexibility index (Phi) is 5.67. The predicted octanol–water partition coefficient (Wildman–Crippen LogP) is 2.80. The van der Waals surface area contributed by atoms with Crippen molar-refractivity contribution >= 4 is 5.91 Å². The standard InChI is InChI=1S/C22H25N5O2/c1-15(2)17-5-3-16(4-6-17)14-27-12-11-24-22(28)19(27)13-20-25-21(26-29-20)18-7-9-23-10-8-18/h3-10,15,19H,11-14H2,1-2H3,(H,24,28). The molecular formula is C22H25N5O2. The number of piperazine rings is 1. The predicted molar refractivity (Wildman–Crippen MR) is 109 cm³/mol. The number of nitrogens with one attached hydrogen (secondary N) is 1. The van der Waals surface area contributed by atoms with Gasteiger partial charge >= 0.3 is 0 Å². The molecular weight excluding hydrogens is 366 g/mol. The summed E-state index contributed by atoms with van der Waals surface area (Å²) in [6, 6.07) is 11.9. The van der Waals surface area contributed by atoms with Crippen molar-refractivity contribution in [2.45, 2.75) is 38.8 Å². The third kappa shape index (κ3) is 4.51. The molecule has 3 aromatic rings. The van der Waals surface area contributed by atoms with Gasteiger partial charge in [0.2, 0.25) is 17.6 Å². The van der Waals surface area contributed by atoms with Crippen molar-refractivity contribution in [3.63, 3.8) is 0 Å². The molecule has 1 aliphatic heterocycles. The largest absolute Gasteiger partial charge is 0.353 e. The maximum absolute atomic E-state index is 12.6. The Morgan fingerprint density at radius 3 is 2.66 bits per heavy atom. The molecule has 0 spiro atoms. The van der Waals surface area contributed by atoms with Gasteiger partial charge in [0, 0.05) is 37.6 Å². The molecule has 1 unspecified atom stereocenters. The van der Waals surface area contributed by atoms with Gasteiger partial charge < -0.3 is 9.84 Å². The first kappa shape index (κ1) is 19.3. The minimum atomic E-state index is -0.334. The molecule has 1 aliphatic rings. The Balaban J connectivity index is 1.48. The van der Waals surface area contributed by atoms with Crippen molar-refractivity contribution in [2.75, 3.05) is 13.1 Å². The van der Waals surface area contributed by atoms with Crippen molar-refractivity contribution in [3.8, 4) is 11.4 Å². The number of hydrogen-bond acceptors (Lipinski definition) is 6. The fraction of sp³-hybridized carbons (Fsp3) is 0.364. The second-order valence-electron chi connectivity index (χ2n) is 7.63. The zero-order valence-corrected chi connectivity index (χ0v) is 16.7. The summed E-state index contributed by atoms with van der Waals surface area (Å²) in [5.41, 5.74) is 3.35. The summed E-state index contributed by atoms with van der Waals surface area (Å²) in [6.07, 6.45) is 3.76. The number of hydrogen-bond donors (Lipinski definition) is 1. The van der Waals surface area contributed by atoms with Crippen molar-refractivity contribution in [3.05, 3.63) is 65.8 Å². The van der Waals surface area contributed by atoms with Gasteiger partial charge in [0.25, 0.3) is 0 Å². The average Bonchev–Trinajstić information content (AvgIpc) is 3.20. The van der Waals surface area contributed by atoms with E-state index in [1.165, 1.54) is 11.1 Å². The molecule has 2 aromatic heterocycles. The minimum absolute atomic E-state index is 0.00119. The van der Waals surface area contributed by atoms with E-state index in [-0.39, 0.29) is 11.9 Å². The third-order valence-electron chi connectivity index (χ3n) is 5.25. The van der Waals surface area contributed by atoms with E-state index in [4.69, 9.17) is 4.52 Å². The van der Waals surface area contributed by atoms with Crippen molar-refractivity contribution in [1.82, 2.24) is 25.3 Å². The van der Waals surface area contributed by atoms with Crippen molar-refractivity contribution in [2.24, 2.45) is 0 Å². The lowest BCUT2D eigenvalue weighted by Crippen LogP contribution is -2.55. The summed E-state index contributed by atoms with van der Waals surface area (Å²) in [6.45, 7) is 6.51. The van der Waals surface area contributed by atoms with Gasteiger partial charge in [-0.25, -0.2) is 0 Å². The molecule has 0 aliphatic carbocycles. The summed E-state index contributed by atoms with van der Waals surface area (Å²) < 4.78 is 5.42. The highest BCUT2D eigenvalue weighted by Gasteiger charge is 2.31. The van der Waals surface area contributed by atoms with Gasteiger partial charge in [-0.1, -0.05) is 43.3 Å². The molecule has 29 heavy (non-hydrogen) atoms. The monoisotopic (exact) mass is 391 g/mol. The van der Waals surface area contributed by atoms with E-state index >= 15 is 0 Å². The van der Waals surface area contributed by atoms with E-state index in [0.29, 0.717) is 37.1 Å². The van der Waals surface area contributed by atoms with E-state index in [2.05, 4.69) is 63.5 Å². The van der Waals surface area contributed by atoms with Gasteiger partial charge in [-0.15, -0.1) is 0 Å². The fourth-order valence-corrected chi connectivity index (χ4v) is 3.54. The van der Waals surface area contributed by atoms with E-state index in [1.807, 2.05) is 12.1 Å². The number of aromatic nitrogens is 3. The summed E-state index contributed by atoms with van der Waals surface area (Å²) in [7, 11) is 0. The Labute approximate surface area is 170 Å². The zero-order valence-electron chi connectivity index (χ0n) is 16.7. The van der Waals surface area contributed by atoms with Crippen LogP contribution < -0.4 is 5.32 Å². The topological polar surface area (TPSA) is 84.2 Å². The molecule has 3 heterocycles. The van der Waals surface area contributed by atoms with Crippen LogP contribution in [0, 0.1) is 0 Å². The first-order valence-electron chi connectivity index (χ1n) is 9.94.